The number of thiocarbonyl (C=S) groups is 1. The number of Topliss-reactive ketones (excluding diaryl/α,β-unsaturated/α-hetero) is 1. The second-order valence-corrected chi connectivity index (χ2v) is 7.20. The number of benzene rings is 2. The average molecular weight is 405 g/mol. The maximum Gasteiger partial charge on any atom is 0.193 e. The lowest BCUT2D eigenvalue weighted by atomic mass is 9.89. The van der Waals surface area contributed by atoms with Crippen LogP contribution in [0.4, 0.5) is 0 Å². The summed E-state index contributed by atoms with van der Waals surface area (Å²) in [5, 5.41) is 4.79. The zero-order valence-electron chi connectivity index (χ0n) is 14.4. The minimum absolute atomic E-state index is 0.0346. The Morgan fingerprint density at radius 2 is 1.85 bits per heavy atom. The number of ketones is 1. The molecule has 2 aromatic carbocycles. The van der Waals surface area contributed by atoms with Gasteiger partial charge in [-0.15, -0.1) is 0 Å². The van der Waals surface area contributed by atoms with Gasteiger partial charge in [0.1, 0.15) is 0 Å². The lowest BCUT2D eigenvalue weighted by Gasteiger charge is -2.37. The molecule has 0 amide bonds. The highest BCUT2D eigenvalue weighted by Crippen LogP contribution is 2.35. The van der Waals surface area contributed by atoms with E-state index in [2.05, 4.69) is 5.32 Å². The summed E-state index contributed by atoms with van der Waals surface area (Å²) in [7, 11) is 0. The molecule has 0 aliphatic carbocycles. The number of carbonyl (C=O) groups is 1. The molecule has 1 N–H and O–H groups in total. The molecule has 1 atom stereocenters. The van der Waals surface area contributed by atoms with Crippen molar-refractivity contribution in [1.82, 2.24) is 10.2 Å². The fourth-order valence-corrected chi connectivity index (χ4v) is 3.83. The van der Waals surface area contributed by atoms with Crippen LogP contribution >= 0.6 is 35.4 Å². The van der Waals surface area contributed by atoms with Gasteiger partial charge in [0.25, 0.3) is 0 Å². The largest absolute Gasteiger partial charge is 0.351 e. The molecule has 0 fully saturated rings. The number of carbonyl (C=O) groups excluding carboxylic acids is 1. The van der Waals surface area contributed by atoms with Gasteiger partial charge in [0.15, 0.2) is 10.9 Å². The number of hydrogen-bond donors (Lipinski definition) is 1. The van der Waals surface area contributed by atoms with Crippen molar-refractivity contribution in [2.75, 3.05) is 6.54 Å². The zero-order chi connectivity index (χ0) is 18.8. The fourth-order valence-electron chi connectivity index (χ4n) is 3.14. The molecule has 3 nitrogen and oxygen atoms in total. The van der Waals surface area contributed by atoms with Gasteiger partial charge in [-0.1, -0.05) is 59.6 Å². The third kappa shape index (κ3) is 3.50. The van der Waals surface area contributed by atoms with Crippen molar-refractivity contribution in [3.8, 4) is 0 Å². The van der Waals surface area contributed by atoms with Crippen molar-refractivity contribution in [2.24, 2.45) is 0 Å². The van der Waals surface area contributed by atoms with Crippen LogP contribution in [0.5, 0.6) is 0 Å². The molecular weight excluding hydrogens is 387 g/mol. The van der Waals surface area contributed by atoms with Crippen LogP contribution in [0, 0.1) is 0 Å². The van der Waals surface area contributed by atoms with Crippen LogP contribution in [-0.2, 0) is 0 Å². The highest BCUT2D eigenvalue weighted by Gasteiger charge is 2.33. The quantitative estimate of drug-likeness (QED) is 0.545. The molecule has 1 aliphatic rings. The van der Waals surface area contributed by atoms with Gasteiger partial charge in [0.2, 0.25) is 0 Å². The van der Waals surface area contributed by atoms with Crippen molar-refractivity contribution < 1.29 is 4.79 Å². The first-order valence-electron chi connectivity index (χ1n) is 8.27. The molecule has 0 saturated heterocycles. The van der Waals surface area contributed by atoms with E-state index in [1.54, 1.807) is 12.1 Å². The van der Waals surface area contributed by atoms with Gasteiger partial charge in [-0.05, 0) is 43.8 Å². The summed E-state index contributed by atoms with van der Waals surface area (Å²) in [4.78, 5) is 15.2. The summed E-state index contributed by atoms with van der Waals surface area (Å²) >= 11 is 17.8. The van der Waals surface area contributed by atoms with Crippen LogP contribution < -0.4 is 5.32 Å². The van der Waals surface area contributed by atoms with Gasteiger partial charge in [-0.3, -0.25) is 4.79 Å². The van der Waals surface area contributed by atoms with Gasteiger partial charge >= 0.3 is 0 Å². The Morgan fingerprint density at radius 3 is 2.46 bits per heavy atom. The van der Waals surface area contributed by atoms with E-state index in [9.17, 15) is 4.79 Å². The van der Waals surface area contributed by atoms with E-state index in [0.717, 1.165) is 11.3 Å². The summed E-state index contributed by atoms with van der Waals surface area (Å²) in [5.74, 6) is -0.0346. The molecule has 134 valence electrons. The number of allylic oxidation sites excluding steroid dienone is 1. The van der Waals surface area contributed by atoms with Gasteiger partial charge in [0, 0.05) is 23.4 Å². The highest BCUT2D eigenvalue weighted by atomic mass is 35.5. The van der Waals surface area contributed by atoms with E-state index in [-0.39, 0.29) is 11.8 Å². The fraction of sp³-hybridized carbons (Fsp3) is 0.200. The molecule has 1 heterocycles. The standard InChI is InChI=1S/C20H18Cl2N2OS/c1-3-24-12(2)17(19(25)13-7-5-4-6-8-13)18(23-20(24)26)14-9-10-15(21)16(22)11-14/h4-11,18H,3H2,1-2H3,(H,23,26). The Labute approximate surface area is 168 Å². The Hall–Kier alpha value is -1.88. The van der Waals surface area contributed by atoms with Crippen molar-refractivity contribution in [3.05, 3.63) is 81.0 Å². The maximum atomic E-state index is 13.3. The minimum atomic E-state index is -0.382. The molecule has 1 aliphatic heterocycles. The average Bonchev–Trinajstić information content (AvgIpc) is 2.64. The van der Waals surface area contributed by atoms with Gasteiger partial charge in [0.05, 0.1) is 16.1 Å². The minimum Gasteiger partial charge on any atom is -0.351 e. The summed E-state index contributed by atoms with van der Waals surface area (Å²) in [6, 6.07) is 14.2. The van der Waals surface area contributed by atoms with E-state index < -0.39 is 0 Å². The summed E-state index contributed by atoms with van der Waals surface area (Å²) < 4.78 is 0. The first-order valence-corrected chi connectivity index (χ1v) is 9.44. The van der Waals surface area contributed by atoms with Crippen molar-refractivity contribution >= 4 is 46.3 Å². The van der Waals surface area contributed by atoms with Gasteiger partial charge < -0.3 is 10.2 Å². The number of hydrogen-bond acceptors (Lipinski definition) is 2. The number of nitrogens with one attached hydrogen (secondary N) is 1. The molecule has 0 aromatic heterocycles. The van der Waals surface area contributed by atoms with Crippen molar-refractivity contribution in [2.45, 2.75) is 19.9 Å². The maximum absolute atomic E-state index is 13.3. The predicted octanol–water partition coefficient (Wildman–Crippen LogP) is 5.40. The Balaban J connectivity index is 2.15. The van der Waals surface area contributed by atoms with Crippen LogP contribution in [0.2, 0.25) is 10.0 Å². The summed E-state index contributed by atoms with van der Waals surface area (Å²) in [6.07, 6.45) is 0. The number of rotatable bonds is 4. The van der Waals surface area contributed by atoms with Crippen molar-refractivity contribution in [1.29, 1.82) is 0 Å². The molecule has 6 heteroatoms. The highest BCUT2D eigenvalue weighted by molar-refractivity contribution is 7.80. The van der Waals surface area contributed by atoms with E-state index in [1.807, 2.05) is 55.1 Å². The Kier molecular flexibility index (Phi) is 5.66. The molecule has 2 aromatic rings. The second kappa shape index (κ2) is 7.78. The molecule has 1 unspecified atom stereocenters. The first kappa shape index (κ1) is 18.9. The molecule has 3 rings (SSSR count). The van der Waals surface area contributed by atoms with E-state index >= 15 is 0 Å². The summed E-state index contributed by atoms with van der Waals surface area (Å²) in [5.41, 5.74) is 2.99. The predicted molar refractivity (Wildman–Crippen MR) is 111 cm³/mol. The lowest BCUT2D eigenvalue weighted by molar-refractivity contribution is 0.102. The molecule has 26 heavy (non-hydrogen) atoms. The number of halogens is 2. The normalized spacial score (nSPS) is 17.3. The first-order chi connectivity index (χ1) is 12.4. The summed E-state index contributed by atoms with van der Waals surface area (Å²) in [6.45, 7) is 4.61. The zero-order valence-corrected chi connectivity index (χ0v) is 16.8. The van der Waals surface area contributed by atoms with Crippen LogP contribution in [-0.4, -0.2) is 22.3 Å². The van der Waals surface area contributed by atoms with E-state index in [4.69, 9.17) is 35.4 Å². The van der Waals surface area contributed by atoms with Crippen LogP contribution in [0.25, 0.3) is 0 Å². The molecule has 0 radical (unpaired) electrons. The second-order valence-electron chi connectivity index (χ2n) is 5.99. The SMILES string of the molecule is CCN1C(=S)NC(c2ccc(Cl)c(Cl)c2)C(C(=O)c2ccccc2)=C1C. The molecule has 0 saturated carbocycles. The molecular formula is C20H18Cl2N2OS. The smallest absolute Gasteiger partial charge is 0.193 e. The van der Waals surface area contributed by atoms with Crippen LogP contribution in [0.3, 0.4) is 0 Å². The lowest BCUT2D eigenvalue weighted by Crippen LogP contribution is -2.47. The third-order valence-electron chi connectivity index (χ3n) is 4.47. The van der Waals surface area contributed by atoms with Crippen LogP contribution in [0.15, 0.2) is 59.8 Å². The van der Waals surface area contributed by atoms with Crippen molar-refractivity contribution in [3.63, 3.8) is 0 Å². The van der Waals surface area contributed by atoms with E-state index in [0.29, 0.717) is 32.8 Å². The third-order valence-corrected chi connectivity index (χ3v) is 5.55. The van der Waals surface area contributed by atoms with Crippen LogP contribution in [0.1, 0.15) is 35.8 Å². The number of nitrogens with zero attached hydrogens (tertiary/aromatic N) is 1. The monoisotopic (exact) mass is 404 g/mol. The van der Waals surface area contributed by atoms with Gasteiger partial charge in [-0.2, -0.15) is 0 Å². The topological polar surface area (TPSA) is 32.3 Å². The van der Waals surface area contributed by atoms with Gasteiger partial charge in [-0.25, -0.2) is 0 Å². The van der Waals surface area contributed by atoms with E-state index in [1.165, 1.54) is 0 Å². The molecule has 0 bridgehead atoms. The Bertz CT molecular complexity index is 896. The Morgan fingerprint density at radius 1 is 1.15 bits per heavy atom. The molecule has 0 spiro atoms.